The van der Waals surface area contributed by atoms with Gasteiger partial charge in [-0.2, -0.15) is 0 Å². The molecule has 1 nitrogen and oxygen atoms in total. The first-order valence-electron chi connectivity index (χ1n) is 2.68. The monoisotopic (exact) mass is 134 g/mol. The van der Waals surface area contributed by atoms with Crippen LogP contribution in [0.1, 0.15) is 13.8 Å². The Labute approximate surface area is 53.2 Å². The van der Waals surface area contributed by atoms with Crippen LogP contribution in [0.3, 0.4) is 0 Å². The Kier molecular flexibility index (Phi) is 3.67. The van der Waals surface area contributed by atoms with E-state index in [0.29, 0.717) is 13.9 Å². The zero-order valence-corrected chi connectivity index (χ0v) is 5.91. The first-order valence-corrected chi connectivity index (χ1v) is 4.58. The van der Waals surface area contributed by atoms with E-state index in [1.165, 1.54) is 12.3 Å². The molecule has 0 rings (SSSR count). The maximum atomic E-state index is 8.90. The van der Waals surface area contributed by atoms with Crippen LogP contribution in [-0.2, 0) is 0 Å². The third-order valence-electron chi connectivity index (χ3n) is 1.09. The van der Waals surface area contributed by atoms with Crippen LogP contribution in [0.4, 0.5) is 0 Å². The lowest BCUT2D eigenvalue weighted by Gasteiger charge is -2.23. The van der Waals surface area contributed by atoms with Crippen LogP contribution in [-0.4, -0.2) is 31.3 Å². The van der Waals surface area contributed by atoms with Crippen LogP contribution >= 0.6 is 7.14 Å². The lowest BCUT2D eigenvalue weighted by molar-refractivity contribution is 0.369. The minimum absolute atomic E-state index is 0.444. The molecule has 0 unspecified atom stereocenters. The number of rotatable bonds is 3. The van der Waals surface area contributed by atoms with Gasteiger partial charge in [-0.15, -0.1) is 7.14 Å². The molecule has 8 heavy (non-hydrogen) atoms. The van der Waals surface area contributed by atoms with Crippen LogP contribution in [0.5, 0.6) is 0 Å². The van der Waals surface area contributed by atoms with Crippen molar-refractivity contribution in [3.8, 4) is 0 Å². The zero-order chi connectivity index (χ0) is 6.62. The average molecular weight is 134 g/mol. The molecule has 3 heteroatoms. The number of hydrogen-bond acceptors (Lipinski definition) is 1. The number of aliphatic hydroxyl groups excluding tert-OH is 1. The molecule has 0 aromatic carbocycles. The molecule has 0 aromatic rings. The van der Waals surface area contributed by atoms with Crippen LogP contribution < -0.4 is 0 Å². The van der Waals surface area contributed by atoms with E-state index in [1.54, 1.807) is 0 Å². The van der Waals surface area contributed by atoms with Gasteiger partial charge in [0, 0.05) is 12.3 Å². The van der Waals surface area contributed by atoms with Crippen molar-refractivity contribution >= 4 is 14.7 Å². The van der Waals surface area contributed by atoms with Crippen molar-refractivity contribution in [2.45, 2.75) is 13.8 Å². The summed E-state index contributed by atoms with van der Waals surface area (Å²) >= 11 is 0. The highest BCUT2D eigenvalue weighted by Crippen LogP contribution is 2.51. The molecule has 0 fully saturated rings. The predicted octanol–water partition coefficient (Wildman–Crippen LogP) is 0.274. The van der Waals surface area contributed by atoms with Gasteiger partial charge in [0.05, 0.1) is 0 Å². The van der Waals surface area contributed by atoms with Crippen molar-refractivity contribution in [2.75, 3.05) is 18.7 Å². The molecule has 0 aromatic heterocycles. The minimum Gasteiger partial charge on any atom is -0.366 e. The summed E-state index contributed by atoms with van der Waals surface area (Å²) in [5, 5.41) is 8.90. The molecule has 0 saturated carbocycles. The summed E-state index contributed by atoms with van der Waals surface area (Å²) in [5.41, 5.74) is 0. The molecule has 0 aliphatic heterocycles. The van der Waals surface area contributed by atoms with Gasteiger partial charge in [-0.25, -0.2) is 0 Å². The largest absolute Gasteiger partial charge is 0.366 e. The Morgan fingerprint density at radius 1 is 1.38 bits per heavy atom. The zero-order valence-electron chi connectivity index (χ0n) is 5.02. The SMILES string of the molecule is [BH3-][P+](CC)(CC)CO. The highest BCUT2D eigenvalue weighted by atomic mass is 31.2. The third-order valence-corrected chi connectivity index (χ3v) is 3.28. The summed E-state index contributed by atoms with van der Waals surface area (Å²) < 4.78 is 0. The molecular formula is C5H16BOP. The summed E-state index contributed by atoms with van der Waals surface area (Å²) in [6, 6.07) is 0. The summed E-state index contributed by atoms with van der Waals surface area (Å²) in [7, 11) is -0.162. The van der Waals surface area contributed by atoms with Crippen LogP contribution in [0, 0.1) is 0 Å². The van der Waals surface area contributed by atoms with Crippen molar-refractivity contribution < 1.29 is 5.11 Å². The van der Waals surface area contributed by atoms with Gasteiger partial charge < -0.3 is 5.11 Å². The molecule has 0 bridgehead atoms. The second-order valence-corrected chi connectivity index (χ2v) is 4.33. The van der Waals surface area contributed by atoms with E-state index in [-0.39, 0.29) is 0 Å². The number of hydrogen-bond donors (Lipinski definition) is 1. The van der Waals surface area contributed by atoms with Crippen molar-refractivity contribution in [2.24, 2.45) is 0 Å². The summed E-state index contributed by atoms with van der Waals surface area (Å²) in [6.07, 6.45) is 3.12. The van der Waals surface area contributed by atoms with E-state index in [9.17, 15) is 0 Å². The second-order valence-electron chi connectivity index (χ2n) is 1.44. The first kappa shape index (κ1) is 8.45. The molecule has 0 aliphatic rings. The molecule has 50 valence electrons. The van der Waals surface area contributed by atoms with Gasteiger partial charge in [0.15, 0.2) is 0 Å². The molecule has 0 amide bonds. The Hall–Kier alpha value is 0.455. The molecule has 0 heterocycles. The Morgan fingerprint density at radius 3 is 1.75 bits per heavy atom. The van der Waals surface area contributed by atoms with Crippen molar-refractivity contribution in [3.63, 3.8) is 0 Å². The fraction of sp³-hybridized carbons (Fsp3) is 1.00. The molecule has 0 aliphatic carbocycles. The predicted molar refractivity (Wildman–Crippen MR) is 45.0 cm³/mol. The highest BCUT2D eigenvalue weighted by molar-refractivity contribution is 7.97. The van der Waals surface area contributed by atoms with E-state index in [1.807, 2.05) is 0 Å². The van der Waals surface area contributed by atoms with Gasteiger partial charge in [-0.1, -0.05) is 0 Å². The maximum absolute atomic E-state index is 8.90. The third kappa shape index (κ3) is 2.15. The fourth-order valence-electron chi connectivity index (χ4n) is 0.424. The molecule has 0 spiro atoms. The molecule has 0 radical (unpaired) electrons. The lowest BCUT2D eigenvalue weighted by atomic mass is 10.7. The second kappa shape index (κ2) is 3.47. The maximum Gasteiger partial charge on any atom is 0.129 e. The summed E-state index contributed by atoms with van der Waals surface area (Å²) in [5.74, 6) is 0. The topological polar surface area (TPSA) is 20.2 Å². The average Bonchev–Trinajstić information content (AvgIpc) is 1.87. The van der Waals surface area contributed by atoms with Crippen molar-refractivity contribution in [1.29, 1.82) is 0 Å². The van der Waals surface area contributed by atoms with Gasteiger partial charge in [-0.05, 0) is 13.8 Å². The highest BCUT2D eigenvalue weighted by Gasteiger charge is 2.16. The normalized spacial score (nSPS) is 12.0. The molecular weight excluding hydrogens is 118 g/mol. The van der Waals surface area contributed by atoms with Gasteiger partial charge in [0.2, 0.25) is 0 Å². The molecule has 0 saturated heterocycles. The summed E-state index contributed by atoms with van der Waals surface area (Å²) in [4.78, 5) is 0. The number of aliphatic hydroxyl groups is 1. The minimum atomic E-state index is -0.606. The van der Waals surface area contributed by atoms with E-state index < -0.39 is 7.14 Å². The molecule has 1 N–H and O–H groups in total. The van der Waals surface area contributed by atoms with Gasteiger partial charge >= 0.3 is 0 Å². The molecule has 0 atom stereocenters. The lowest BCUT2D eigenvalue weighted by Crippen LogP contribution is -2.02. The fourth-order valence-corrected chi connectivity index (χ4v) is 1.27. The van der Waals surface area contributed by atoms with E-state index in [4.69, 9.17) is 5.11 Å². The van der Waals surface area contributed by atoms with Gasteiger partial charge in [0.25, 0.3) is 0 Å². The van der Waals surface area contributed by atoms with Crippen LogP contribution in [0.15, 0.2) is 0 Å². The van der Waals surface area contributed by atoms with Gasteiger partial charge in [0.1, 0.15) is 13.9 Å². The summed E-state index contributed by atoms with van der Waals surface area (Å²) in [6.45, 7) is 4.45. The van der Waals surface area contributed by atoms with E-state index in [2.05, 4.69) is 13.8 Å². The Bertz CT molecular complexity index is 55.2. The van der Waals surface area contributed by atoms with Crippen molar-refractivity contribution in [3.05, 3.63) is 0 Å². The Balaban J connectivity index is 3.58. The van der Waals surface area contributed by atoms with Crippen LogP contribution in [0.25, 0.3) is 0 Å². The van der Waals surface area contributed by atoms with E-state index in [0.717, 1.165) is 0 Å². The van der Waals surface area contributed by atoms with Crippen molar-refractivity contribution in [1.82, 2.24) is 0 Å². The quantitative estimate of drug-likeness (QED) is 0.434. The van der Waals surface area contributed by atoms with Gasteiger partial charge in [-0.3, -0.25) is 0 Å². The standard InChI is InChI=1S/C5H16BOP/c1-3-8(6,4-2)5-7/h7H,3-5H2,1-2,6H3. The smallest absolute Gasteiger partial charge is 0.129 e. The van der Waals surface area contributed by atoms with E-state index >= 15 is 0 Å². The van der Waals surface area contributed by atoms with Crippen LogP contribution in [0.2, 0.25) is 0 Å². The Morgan fingerprint density at radius 2 is 1.75 bits per heavy atom. The first-order chi connectivity index (χ1) is 3.68.